The van der Waals surface area contributed by atoms with Crippen LogP contribution in [0.1, 0.15) is 31.3 Å². The molecule has 2 aromatic rings. The lowest BCUT2D eigenvalue weighted by atomic mass is 10.2. The van der Waals surface area contributed by atoms with Crippen molar-refractivity contribution in [2.75, 3.05) is 31.1 Å². The molecule has 0 saturated carbocycles. The van der Waals surface area contributed by atoms with E-state index in [0.717, 1.165) is 5.69 Å². The average molecular weight is 401 g/mol. The summed E-state index contributed by atoms with van der Waals surface area (Å²) in [4.78, 5) is 21.0. The number of benzene rings is 1. The van der Waals surface area contributed by atoms with E-state index in [0.29, 0.717) is 47.7 Å². The summed E-state index contributed by atoms with van der Waals surface area (Å²) >= 11 is 1.24. The summed E-state index contributed by atoms with van der Waals surface area (Å²) in [6.07, 6.45) is -0.279. The predicted molar refractivity (Wildman–Crippen MR) is 108 cm³/mol. The van der Waals surface area contributed by atoms with Crippen LogP contribution in [0.25, 0.3) is 0 Å². The first kappa shape index (κ1) is 20.0. The van der Waals surface area contributed by atoms with Gasteiger partial charge in [0.05, 0.1) is 11.4 Å². The zero-order valence-corrected chi connectivity index (χ0v) is 17.4. The Kier molecular flexibility index (Phi) is 5.75. The van der Waals surface area contributed by atoms with Gasteiger partial charge in [-0.15, -0.1) is 0 Å². The maximum atomic E-state index is 12.3. The van der Waals surface area contributed by atoms with Crippen molar-refractivity contribution in [3.63, 3.8) is 0 Å². The topological polar surface area (TPSA) is 78.7 Å². The Hall–Kier alpha value is -2.79. The number of thiazole rings is 1. The molecule has 7 nitrogen and oxygen atoms in total. The SMILES string of the molecule is Cc1nc(Oc2ccccc2N2CCN(C(=O)OC(C)(C)C)CC2)sc1C#N. The molecule has 0 aliphatic carbocycles. The normalized spacial score (nSPS) is 14.5. The third-order valence-electron chi connectivity index (χ3n) is 4.21. The summed E-state index contributed by atoms with van der Waals surface area (Å²) in [5, 5.41) is 9.56. The lowest BCUT2D eigenvalue weighted by Gasteiger charge is -2.37. The van der Waals surface area contributed by atoms with Crippen molar-refractivity contribution in [2.24, 2.45) is 0 Å². The van der Waals surface area contributed by atoms with Crippen LogP contribution in [0.2, 0.25) is 0 Å². The molecule has 0 radical (unpaired) electrons. The van der Waals surface area contributed by atoms with Crippen molar-refractivity contribution in [1.82, 2.24) is 9.88 Å². The molecular weight excluding hydrogens is 376 g/mol. The first-order chi connectivity index (χ1) is 13.3. The third-order valence-corrected chi connectivity index (χ3v) is 5.15. The maximum Gasteiger partial charge on any atom is 0.410 e. The summed E-state index contributed by atoms with van der Waals surface area (Å²) in [7, 11) is 0. The number of amides is 1. The van der Waals surface area contributed by atoms with Crippen LogP contribution >= 0.6 is 11.3 Å². The summed E-state index contributed by atoms with van der Waals surface area (Å²) in [6, 6.07) is 9.86. The van der Waals surface area contributed by atoms with Gasteiger partial charge in [0.1, 0.15) is 16.5 Å². The number of ether oxygens (including phenoxy) is 2. The van der Waals surface area contributed by atoms with Gasteiger partial charge in [0.25, 0.3) is 5.19 Å². The van der Waals surface area contributed by atoms with Crippen LogP contribution in [0.3, 0.4) is 0 Å². The van der Waals surface area contributed by atoms with Crippen LogP contribution in [-0.4, -0.2) is 47.8 Å². The number of aromatic nitrogens is 1. The fraction of sp³-hybridized carbons (Fsp3) is 0.450. The van der Waals surface area contributed by atoms with E-state index in [9.17, 15) is 4.79 Å². The highest BCUT2D eigenvalue weighted by Crippen LogP contribution is 2.35. The lowest BCUT2D eigenvalue weighted by molar-refractivity contribution is 0.0240. The molecule has 0 atom stereocenters. The van der Waals surface area contributed by atoms with Gasteiger partial charge < -0.3 is 19.3 Å². The number of piperazine rings is 1. The number of aryl methyl sites for hydroxylation is 1. The number of nitrogens with zero attached hydrogens (tertiary/aromatic N) is 4. The summed E-state index contributed by atoms with van der Waals surface area (Å²) in [5.74, 6) is 0.687. The number of rotatable bonds is 3. The van der Waals surface area contributed by atoms with Crippen LogP contribution in [-0.2, 0) is 4.74 Å². The standard InChI is InChI=1S/C20H24N4O3S/c1-14-17(13-21)28-18(22-14)26-16-8-6-5-7-15(16)23-9-11-24(12-10-23)19(25)27-20(2,3)4/h5-8H,9-12H2,1-4H3. The lowest BCUT2D eigenvalue weighted by Crippen LogP contribution is -2.50. The van der Waals surface area contributed by atoms with Gasteiger partial charge in [-0.1, -0.05) is 23.5 Å². The number of carbonyl (C=O) groups is 1. The molecule has 1 aliphatic rings. The second-order valence-corrected chi connectivity index (χ2v) is 8.49. The molecule has 0 N–H and O–H groups in total. The van der Waals surface area contributed by atoms with Crippen molar-refractivity contribution >= 4 is 23.1 Å². The van der Waals surface area contributed by atoms with E-state index in [2.05, 4.69) is 16.0 Å². The number of hydrogen-bond donors (Lipinski definition) is 0. The second-order valence-electron chi connectivity index (χ2n) is 7.53. The minimum atomic E-state index is -0.497. The van der Waals surface area contributed by atoms with Gasteiger partial charge in [-0.05, 0) is 39.8 Å². The Morgan fingerprint density at radius 3 is 2.50 bits per heavy atom. The first-order valence-electron chi connectivity index (χ1n) is 9.14. The van der Waals surface area contributed by atoms with Gasteiger partial charge in [-0.2, -0.15) is 5.26 Å². The first-order valence-corrected chi connectivity index (χ1v) is 9.96. The van der Waals surface area contributed by atoms with Crippen molar-refractivity contribution in [1.29, 1.82) is 5.26 Å². The Labute approximate surface area is 169 Å². The van der Waals surface area contributed by atoms with Crippen LogP contribution in [0.15, 0.2) is 24.3 Å². The minimum absolute atomic E-state index is 0.279. The molecule has 1 amide bonds. The van der Waals surface area contributed by atoms with Crippen molar-refractivity contribution in [3.8, 4) is 17.0 Å². The zero-order valence-electron chi connectivity index (χ0n) is 16.6. The van der Waals surface area contributed by atoms with E-state index in [1.807, 2.05) is 45.0 Å². The van der Waals surface area contributed by atoms with E-state index in [1.165, 1.54) is 11.3 Å². The molecule has 1 fully saturated rings. The van der Waals surface area contributed by atoms with Gasteiger partial charge in [0, 0.05) is 26.2 Å². The van der Waals surface area contributed by atoms with Gasteiger partial charge in [-0.25, -0.2) is 9.78 Å². The summed E-state index contributed by atoms with van der Waals surface area (Å²) < 4.78 is 11.4. The maximum absolute atomic E-state index is 12.3. The molecule has 0 bridgehead atoms. The largest absolute Gasteiger partial charge is 0.444 e. The van der Waals surface area contributed by atoms with E-state index in [-0.39, 0.29) is 6.09 Å². The molecule has 1 aromatic carbocycles. The molecule has 0 unspecified atom stereocenters. The minimum Gasteiger partial charge on any atom is -0.444 e. The molecule has 28 heavy (non-hydrogen) atoms. The molecule has 148 valence electrons. The highest BCUT2D eigenvalue weighted by atomic mass is 32.1. The third kappa shape index (κ3) is 4.73. The fourth-order valence-corrected chi connectivity index (χ4v) is 3.60. The highest BCUT2D eigenvalue weighted by Gasteiger charge is 2.27. The Bertz CT molecular complexity index is 890. The Morgan fingerprint density at radius 2 is 1.89 bits per heavy atom. The number of nitriles is 1. The Morgan fingerprint density at radius 1 is 1.21 bits per heavy atom. The average Bonchev–Trinajstić information content (AvgIpc) is 3.00. The van der Waals surface area contributed by atoms with Gasteiger partial charge in [0.2, 0.25) is 0 Å². The van der Waals surface area contributed by atoms with Crippen LogP contribution < -0.4 is 9.64 Å². The molecule has 1 aliphatic heterocycles. The Balaban J connectivity index is 1.68. The van der Waals surface area contributed by atoms with E-state index >= 15 is 0 Å². The summed E-state index contributed by atoms with van der Waals surface area (Å²) in [5.41, 5.74) is 1.12. The molecule has 3 rings (SSSR count). The van der Waals surface area contributed by atoms with Gasteiger partial charge >= 0.3 is 6.09 Å². The fourth-order valence-electron chi connectivity index (χ4n) is 2.87. The van der Waals surface area contributed by atoms with E-state index < -0.39 is 5.60 Å². The number of carbonyl (C=O) groups excluding carboxylic acids is 1. The monoisotopic (exact) mass is 400 g/mol. The summed E-state index contributed by atoms with van der Waals surface area (Å²) in [6.45, 7) is 9.92. The second kappa shape index (κ2) is 8.07. The smallest absolute Gasteiger partial charge is 0.410 e. The van der Waals surface area contributed by atoms with E-state index in [1.54, 1.807) is 11.8 Å². The highest BCUT2D eigenvalue weighted by molar-refractivity contribution is 7.14. The zero-order chi connectivity index (χ0) is 20.3. The molecular formula is C20H24N4O3S. The van der Waals surface area contributed by atoms with Crippen LogP contribution in [0, 0.1) is 18.3 Å². The molecule has 2 heterocycles. The molecule has 8 heteroatoms. The van der Waals surface area contributed by atoms with Crippen molar-refractivity contribution < 1.29 is 14.3 Å². The van der Waals surface area contributed by atoms with Crippen molar-refractivity contribution in [2.45, 2.75) is 33.3 Å². The van der Waals surface area contributed by atoms with Gasteiger partial charge in [-0.3, -0.25) is 0 Å². The molecule has 1 saturated heterocycles. The number of para-hydroxylation sites is 2. The number of anilines is 1. The molecule has 1 aromatic heterocycles. The van der Waals surface area contributed by atoms with E-state index in [4.69, 9.17) is 14.7 Å². The molecule has 0 spiro atoms. The van der Waals surface area contributed by atoms with Gasteiger partial charge in [0.15, 0.2) is 5.75 Å². The quantitative estimate of drug-likeness (QED) is 0.769. The van der Waals surface area contributed by atoms with Crippen LogP contribution in [0.5, 0.6) is 10.9 Å². The van der Waals surface area contributed by atoms with Crippen LogP contribution in [0.4, 0.5) is 10.5 Å². The van der Waals surface area contributed by atoms with Crippen molar-refractivity contribution in [3.05, 3.63) is 34.8 Å². The predicted octanol–water partition coefficient (Wildman–Crippen LogP) is 4.17. The number of hydrogen-bond acceptors (Lipinski definition) is 7.